The van der Waals surface area contributed by atoms with Gasteiger partial charge in [-0.05, 0) is 67.6 Å². The molecule has 3 nitrogen and oxygen atoms in total. The van der Waals surface area contributed by atoms with Gasteiger partial charge in [-0.15, -0.1) is 0 Å². The fourth-order valence-corrected chi connectivity index (χ4v) is 6.10. The SMILES string of the molecule is N#CCN1CC(C23CC4CC(CC(C4)C2)C3)CC1=O. The molecule has 5 aliphatic rings. The Balaban J connectivity index is 1.56. The van der Waals surface area contributed by atoms with Crippen LogP contribution in [0.25, 0.3) is 0 Å². The largest absolute Gasteiger partial charge is 0.329 e. The third-order valence-electron chi connectivity index (χ3n) is 6.43. The van der Waals surface area contributed by atoms with E-state index in [0.29, 0.717) is 24.3 Å². The number of carbonyl (C=O) groups is 1. The van der Waals surface area contributed by atoms with E-state index in [1.807, 2.05) is 0 Å². The van der Waals surface area contributed by atoms with E-state index in [9.17, 15) is 4.79 Å². The van der Waals surface area contributed by atoms with E-state index in [4.69, 9.17) is 5.26 Å². The molecule has 4 aliphatic carbocycles. The molecule has 1 atom stereocenters. The molecule has 0 radical (unpaired) electrons. The molecule has 0 aromatic rings. The maximum Gasteiger partial charge on any atom is 0.223 e. The molecule has 4 bridgehead atoms. The molecule has 1 unspecified atom stereocenters. The Bertz CT molecular complexity index is 415. The lowest BCUT2D eigenvalue weighted by molar-refractivity contribution is -0.127. The van der Waals surface area contributed by atoms with Crippen LogP contribution in [0.1, 0.15) is 44.9 Å². The lowest BCUT2D eigenvalue weighted by Gasteiger charge is -2.59. The molecule has 5 rings (SSSR count). The van der Waals surface area contributed by atoms with E-state index in [1.54, 1.807) is 4.90 Å². The minimum Gasteiger partial charge on any atom is -0.329 e. The summed E-state index contributed by atoms with van der Waals surface area (Å²) in [7, 11) is 0. The summed E-state index contributed by atoms with van der Waals surface area (Å²) in [5, 5.41) is 8.82. The van der Waals surface area contributed by atoms with Crippen LogP contribution in [0.15, 0.2) is 0 Å². The number of rotatable bonds is 2. The Morgan fingerprint density at radius 1 is 1.16 bits per heavy atom. The van der Waals surface area contributed by atoms with Gasteiger partial charge in [-0.25, -0.2) is 0 Å². The zero-order valence-electron chi connectivity index (χ0n) is 11.5. The first-order valence-corrected chi connectivity index (χ1v) is 7.83. The third kappa shape index (κ3) is 1.72. The topological polar surface area (TPSA) is 44.1 Å². The second-order valence-corrected chi connectivity index (χ2v) is 7.61. The third-order valence-corrected chi connectivity index (χ3v) is 6.43. The highest BCUT2D eigenvalue weighted by atomic mass is 16.2. The van der Waals surface area contributed by atoms with Gasteiger partial charge in [0, 0.05) is 13.0 Å². The zero-order valence-corrected chi connectivity index (χ0v) is 11.5. The highest BCUT2D eigenvalue weighted by molar-refractivity contribution is 5.79. The van der Waals surface area contributed by atoms with E-state index < -0.39 is 0 Å². The van der Waals surface area contributed by atoms with Crippen molar-refractivity contribution in [1.29, 1.82) is 5.26 Å². The fourth-order valence-electron chi connectivity index (χ4n) is 6.10. The molecule has 3 heteroatoms. The van der Waals surface area contributed by atoms with Crippen molar-refractivity contribution in [1.82, 2.24) is 4.90 Å². The normalized spacial score (nSPS) is 47.7. The van der Waals surface area contributed by atoms with Crippen LogP contribution in [0.3, 0.4) is 0 Å². The van der Waals surface area contributed by atoms with Crippen LogP contribution < -0.4 is 0 Å². The van der Waals surface area contributed by atoms with Gasteiger partial charge in [-0.3, -0.25) is 4.79 Å². The summed E-state index contributed by atoms with van der Waals surface area (Å²) in [6, 6.07) is 2.14. The smallest absolute Gasteiger partial charge is 0.223 e. The molecule has 0 spiro atoms. The Labute approximate surface area is 115 Å². The number of likely N-dealkylation sites (tertiary alicyclic amines) is 1. The van der Waals surface area contributed by atoms with E-state index >= 15 is 0 Å². The first-order chi connectivity index (χ1) is 9.18. The van der Waals surface area contributed by atoms with E-state index in [0.717, 1.165) is 24.3 Å². The lowest BCUT2D eigenvalue weighted by atomic mass is 9.46. The number of nitrogens with zero attached hydrogens (tertiary/aromatic N) is 2. The molecule has 19 heavy (non-hydrogen) atoms. The van der Waals surface area contributed by atoms with Gasteiger partial charge in [0.25, 0.3) is 0 Å². The molecular formula is C16H22N2O. The summed E-state index contributed by atoms with van der Waals surface area (Å²) in [5.41, 5.74) is 0.467. The van der Waals surface area contributed by atoms with Gasteiger partial charge in [0.05, 0.1) is 6.07 Å². The van der Waals surface area contributed by atoms with E-state index in [2.05, 4.69) is 6.07 Å². The van der Waals surface area contributed by atoms with Crippen molar-refractivity contribution < 1.29 is 4.79 Å². The average molecular weight is 258 g/mol. The van der Waals surface area contributed by atoms with Crippen molar-refractivity contribution in [2.24, 2.45) is 29.1 Å². The van der Waals surface area contributed by atoms with Crippen LogP contribution in [-0.2, 0) is 4.79 Å². The Morgan fingerprint density at radius 2 is 1.74 bits per heavy atom. The van der Waals surface area contributed by atoms with Gasteiger partial charge in [-0.1, -0.05) is 0 Å². The van der Waals surface area contributed by atoms with Gasteiger partial charge < -0.3 is 4.90 Å². The molecule has 1 saturated heterocycles. The van der Waals surface area contributed by atoms with Gasteiger partial charge in [0.15, 0.2) is 0 Å². The predicted molar refractivity (Wildman–Crippen MR) is 70.9 cm³/mol. The molecule has 0 aromatic carbocycles. The Kier molecular flexibility index (Phi) is 2.46. The molecule has 0 N–H and O–H groups in total. The van der Waals surface area contributed by atoms with Crippen molar-refractivity contribution in [3.63, 3.8) is 0 Å². The van der Waals surface area contributed by atoms with Crippen molar-refractivity contribution >= 4 is 5.91 Å². The second-order valence-electron chi connectivity index (χ2n) is 7.61. The monoisotopic (exact) mass is 258 g/mol. The van der Waals surface area contributed by atoms with E-state index in [1.165, 1.54) is 38.5 Å². The van der Waals surface area contributed by atoms with Crippen molar-refractivity contribution in [2.75, 3.05) is 13.1 Å². The first-order valence-electron chi connectivity index (χ1n) is 7.83. The van der Waals surface area contributed by atoms with Crippen LogP contribution >= 0.6 is 0 Å². The summed E-state index contributed by atoms with van der Waals surface area (Å²) >= 11 is 0. The van der Waals surface area contributed by atoms with Gasteiger partial charge >= 0.3 is 0 Å². The lowest BCUT2D eigenvalue weighted by Crippen LogP contribution is -2.50. The molecule has 102 valence electrons. The molecular weight excluding hydrogens is 236 g/mol. The molecule has 0 aromatic heterocycles. The standard InChI is InChI=1S/C16H22N2O/c17-1-2-18-10-14(6-15(18)19)16-7-11-3-12(8-16)5-13(4-11)9-16/h11-14H,2-10H2. The summed E-state index contributed by atoms with van der Waals surface area (Å²) in [5.74, 6) is 3.62. The summed E-state index contributed by atoms with van der Waals surface area (Å²) in [6.45, 7) is 1.15. The molecule has 4 saturated carbocycles. The second kappa shape index (κ2) is 3.98. The number of amides is 1. The first kappa shape index (κ1) is 11.8. The highest BCUT2D eigenvalue weighted by Gasteiger charge is 2.55. The van der Waals surface area contributed by atoms with Gasteiger partial charge in [-0.2, -0.15) is 5.26 Å². The van der Waals surface area contributed by atoms with Crippen molar-refractivity contribution in [2.45, 2.75) is 44.9 Å². The average Bonchev–Trinajstić information content (AvgIpc) is 2.70. The highest BCUT2D eigenvalue weighted by Crippen LogP contribution is 2.63. The van der Waals surface area contributed by atoms with Gasteiger partial charge in [0.1, 0.15) is 6.54 Å². The molecule has 1 heterocycles. The predicted octanol–water partition coefficient (Wildman–Crippen LogP) is 2.57. The van der Waals surface area contributed by atoms with Crippen LogP contribution in [-0.4, -0.2) is 23.9 Å². The summed E-state index contributed by atoms with van der Waals surface area (Å²) in [4.78, 5) is 13.8. The van der Waals surface area contributed by atoms with Crippen LogP contribution in [0.5, 0.6) is 0 Å². The van der Waals surface area contributed by atoms with Crippen molar-refractivity contribution in [3.05, 3.63) is 0 Å². The Hall–Kier alpha value is -1.04. The number of hydrogen-bond donors (Lipinski definition) is 0. The maximum absolute atomic E-state index is 12.0. The minimum absolute atomic E-state index is 0.224. The summed E-state index contributed by atoms with van der Waals surface area (Å²) < 4.78 is 0. The van der Waals surface area contributed by atoms with Crippen LogP contribution in [0.2, 0.25) is 0 Å². The zero-order chi connectivity index (χ0) is 13.0. The van der Waals surface area contributed by atoms with E-state index in [-0.39, 0.29) is 5.91 Å². The van der Waals surface area contributed by atoms with Crippen LogP contribution in [0, 0.1) is 40.4 Å². The van der Waals surface area contributed by atoms with Crippen LogP contribution in [0.4, 0.5) is 0 Å². The minimum atomic E-state index is 0.224. The number of carbonyl (C=O) groups excluding carboxylic acids is 1. The number of nitriles is 1. The quantitative estimate of drug-likeness (QED) is 0.714. The molecule has 5 fully saturated rings. The number of hydrogen-bond acceptors (Lipinski definition) is 2. The summed E-state index contributed by atoms with van der Waals surface area (Å²) in [6.07, 6.45) is 9.21. The maximum atomic E-state index is 12.0. The molecule has 1 amide bonds. The van der Waals surface area contributed by atoms with Crippen molar-refractivity contribution in [3.8, 4) is 6.07 Å². The fraction of sp³-hybridized carbons (Fsp3) is 0.875. The Morgan fingerprint density at radius 3 is 2.26 bits per heavy atom. The van der Waals surface area contributed by atoms with Gasteiger partial charge in [0.2, 0.25) is 5.91 Å². The molecule has 1 aliphatic heterocycles.